The number of nitrogens with zero attached hydrogens (tertiary/aromatic N) is 8. The van der Waals surface area contributed by atoms with E-state index < -0.39 is 17.4 Å². The Labute approximate surface area is 252 Å². The van der Waals surface area contributed by atoms with Gasteiger partial charge in [0.05, 0.1) is 36.5 Å². The number of aliphatic hydroxyl groups is 1. The second-order valence-corrected chi connectivity index (χ2v) is 11.8. The van der Waals surface area contributed by atoms with E-state index in [0.29, 0.717) is 31.4 Å². The number of aromatic amines is 1. The van der Waals surface area contributed by atoms with Crippen LogP contribution in [0.2, 0.25) is 0 Å². The molecule has 0 radical (unpaired) electrons. The van der Waals surface area contributed by atoms with E-state index in [0.717, 1.165) is 54.3 Å². The number of fused-ring (bicyclic) bond motifs is 1. The summed E-state index contributed by atoms with van der Waals surface area (Å²) in [6.45, 7) is 1.97. The van der Waals surface area contributed by atoms with Gasteiger partial charge in [-0.1, -0.05) is 0 Å². The Balaban J connectivity index is 1.08. The molecule has 1 aliphatic carbocycles. The number of ether oxygens (including phenoxy) is 1. The minimum absolute atomic E-state index is 0.0301. The fourth-order valence-corrected chi connectivity index (χ4v) is 6.39. The van der Waals surface area contributed by atoms with Crippen LogP contribution >= 0.6 is 0 Å². The summed E-state index contributed by atoms with van der Waals surface area (Å²) in [4.78, 5) is 19.7. The van der Waals surface area contributed by atoms with E-state index in [9.17, 15) is 18.4 Å². The normalized spacial score (nSPS) is 21.4. The third-order valence-corrected chi connectivity index (χ3v) is 8.70. The first-order chi connectivity index (χ1) is 21.2. The van der Waals surface area contributed by atoms with Gasteiger partial charge in [0, 0.05) is 61.6 Å². The Morgan fingerprint density at radius 3 is 2.75 bits per heavy atom. The van der Waals surface area contributed by atoms with E-state index in [1.165, 1.54) is 6.33 Å². The fraction of sp³-hybridized carbons (Fsp3) is 0.500. The highest BCUT2D eigenvalue weighted by Gasteiger charge is 2.49. The van der Waals surface area contributed by atoms with Gasteiger partial charge in [0.15, 0.2) is 0 Å². The molecule has 2 N–H and O–H groups in total. The molecule has 0 atom stereocenters. The molecular formula is C30H34F3N9O2. The van der Waals surface area contributed by atoms with Crippen molar-refractivity contribution in [2.75, 3.05) is 33.3 Å². The summed E-state index contributed by atoms with van der Waals surface area (Å²) >= 11 is 0. The van der Waals surface area contributed by atoms with E-state index in [-0.39, 0.29) is 31.2 Å². The largest absolute Gasteiger partial charge is 0.474 e. The maximum Gasteiger partial charge on any atom is 0.433 e. The number of aliphatic hydroxyl groups excluding tert-OH is 1. The number of hydrogen-bond donors (Lipinski definition) is 2. The maximum atomic E-state index is 13.6. The van der Waals surface area contributed by atoms with Crippen molar-refractivity contribution in [1.82, 2.24) is 39.5 Å². The number of likely N-dealkylation sites (N-methyl/N-ethyl adjacent to an activating group) is 1. The number of likely N-dealkylation sites (tertiary alicyclic amines) is 1. The van der Waals surface area contributed by atoms with Crippen molar-refractivity contribution < 1.29 is 23.0 Å². The monoisotopic (exact) mass is 609 g/mol. The highest BCUT2D eigenvalue weighted by atomic mass is 19.4. The van der Waals surface area contributed by atoms with Crippen LogP contribution in [0.4, 0.5) is 13.2 Å². The topological polar surface area (TPSA) is 132 Å². The molecule has 1 aliphatic heterocycles. The molecule has 14 heteroatoms. The minimum atomic E-state index is -4.59. The number of H-pyrrole nitrogens is 1. The molecule has 5 heterocycles. The van der Waals surface area contributed by atoms with Crippen molar-refractivity contribution >= 4 is 11.0 Å². The summed E-state index contributed by atoms with van der Waals surface area (Å²) in [6.07, 6.45) is 5.44. The lowest BCUT2D eigenvalue weighted by atomic mass is 9.69. The smallest absolute Gasteiger partial charge is 0.433 e. The molecule has 6 rings (SSSR count). The molecular weight excluding hydrogens is 575 g/mol. The average molecular weight is 610 g/mol. The SMILES string of the molecule is CN(CCO)Cc1cc(OC2CCN([C@H]3C[C@](CC#N)(n4cc(-c5ncnc6[nH]ccc56)cn4)C3)CC2)nc(C(F)(F)F)c1. The van der Waals surface area contributed by atoms with Gasteiger partial charge in [-0.15, -0.1) is 0 Å². The second kappa shape index (κ2) is 12.1. The zero-order chi connectivity index (χ0) is 30.9. The Morgan fingerprint density at radius 2 is 2.02 bits per heavy atom. The summed E-state index contributed by atoms with van der Waals surface area (Å²) in [5.74, 6) is -0.0301. The molecule has 0 aromatic carbocycles. The number of nitriles is 1. The molecule has 0 amide bonds. The summed E-state index contributed by atoms with van der Waals surface area (Å²) < 4.78 is 48.6. The predicted octanol–water partition coefficient (Wildman–Crippen LogP) is 3.97. The van der Waals surface area contributed by atoms with Crippen LogP contribution in [0.25, 0.3) is 22.3 Å². The van der Waals surface area contributed by atoms with Crippen LogP contribution in [-0.2, 0) is 18.3 Å². The first kappa shape index (κ1) is 30.0. The molecule has 0 spiro atoms. The van der Waals surface area contributed by atoms with Crippen LogP contribution in [0.1, 0.15) is 43.4 Å². The van der Waals surface area contributed by atoms with Gasteiger partial charge in [0.1, 0.15) is 23.8 Å². The highest BCUT2D eigenvalue weighted by Crippen LogP contribution is 2.45. The van der Waals surface area contributed by atoms with Gasteiger partial charge in [0.25, 0.3) is 0 Å². The van der Waals surface area contributed by atoms with Crippen LogP contribution in [0.5, 0.6) is 5.88 Å². The number of hydrogen-bond acceptors (Lipinski definition) is 9. The van der Waals surface area contributed by atoms with Crippen LogP contribution in [-0.4, -0.2) is 90.1 Å². The third-order valence-electron chi connectivity index (χ3n) is 8.70. The number of piperidine rings is 1. The molecule has 4 aromatic rings. The standard InChI is InChI=1S/C30H34F3N9O2/c1-40(10-11-43)17-20-12-25(30(31,32)33)39-26(13-20)44-23-3-8-41(9-4-23)22-14-29(15-22,5-6-34)42-18-21(16-38-42)27-24-2-7-35-28(24)37-19-36-27/h2,7,12-13,16,18-19,22-23,43H,3-5,8-11,14-15,17H2,1H3,(H,35,36,37)/t22-,29-. The highest BCUT2D eigenvalue weighted by molar-refractivity contribution is 5.90. The van der Waals surface area contributed by atoms with Crippen molar-refractivity contribution in [3.05, 3.63) is 54.4 Å². The predicted molar refractivity (Wildman–Crippen MR) is 154 cm³/mol. The van der Waals surface area contributed by atoms with Crippen molar-refractivity contribution in [2.24, 2.45) is 0 Å². The van der Waals surface area contributed by atoms with Crippen LogP contribution in [0.3, 0.4) is 0 Å². The van der Waals surface area contributed by atoms with E-state index in [2.05, 4.69) is 36.0 Å². The number of rotatable bonds is 10. The van der Waals surface area contributed by atoms with E-state index in [1.54, 1.807) is 24.2 Å². The van der Waals surface area contributed by atoms with Crippen molar-refractivity contribution in [3.8, 4) is 23.2 Å². The third kappa shape index (κ3) is 6.12. The lowest BCUT2D eigenvalue weighted by Gasteiger charge is -2.52. The lowest BCUT2D eigenvalue weighted by Crippen LogP contribution is -2.58. The number of aromatic nitrogens is 6. The molecule has 1 saturated heterocycles. The Kier molecular flexibility index (Phi) is 8.28. The molecule has 4 aromatic heterocycles. The first-order valence-electron chi connectivity index (χ1n) is 14.7. The lowest BCUT2D eigenvalue weighted by molar-refractivity contribution is -0.141. The van der Waals surface area contributed by atoms with Gasteiger partial charge in [-0.25, -0.2) is 15.0 Å². The number of halogens is 3. The van der Waals surface area contributed by atoms with Crippen LogP contribution in [0, 0.1) is 11.3 Å². The Bertz CT molecular complexity index is 1630. The Hall–Kier alpha value is -4.06. The van der Waals surface area contributed by atoms with Crippen LogP contribution < -0.4 is 4.74 Å². The molecule has 2 aliphatic rings. The fourth-order valence-electron chi connectivity index (χ4n) is 6.39. The van der Waals surface area contributed by atoms with Gasteiger partial charge in [-0.3, -0.25) is 14.5 Å². The second-order valence-electron chi connectivity index (χ2n) is 11.8. The zero-order valence-electron chi connectivity index (χ0n) is 24.3. The Morgan fingerprint density at radius 1 is 1.23 bits per heavy atom. The molecule has 0 bridgehead atoms. The van der Waals surface area contributed by atoms with Crippen LogP contribution in [0.15, 0.2) is 43.1 Å². The number of pyridine rings is 1. The summed E-state index contributed by atoms with van der Waals surface area (Å²) in [7, 11) is 1.73. The van der Waals surface area contributed by atoms with Gasteiger partial charge in [-0.2, -0.15) is 23.5 Å². The van der Waals surface area contributed by atoms with E-state index in [1.807, 2.05) is 23.1 Å². The number of nitrogens with one attached hydrogen (secondary N) is 1. The molecule has 44 heavy (non-hydrogen) atoms. The van der Waals surface area contributed by atoms with Crippen molar-refractivity contribution in [1.29, 1.82) is 5.26 Å². The van der Waals surface area contributed by atoms with Gasteiger partial charge in [0.2, 0.25) is 5.88 Å². The maximum absolute atomic E-state index is 13.6. The summed E-state index contributed by atoms with van der Waals surface area (Å²) in [6, 6.07) is 7.13. The summed E-state index contributed by atoms with van der Waals surface area (Å²) in [5, 5.41) is 24.4. The quantitative estimate of drug-likeness (QED) is 0.274. The summed E-state index contributed by atoms with van der Waals surface area (Å²) in [5.41, 5.74) is 1.44. The van der Waals surface area contributed by atoms with Gasteiger partial charge in [-0.05, 0) is 50.4 Å². The van der Waals surface area contributed by atoms with Gasteiger partial charge < -0.3 is 14.8 Å². The zero-order valence-corrected chi connectivity index (χ0v) is 24.3. The minimum Gasteiger partial charge on any atom is -0.474 e. The van der Waals surface area contributed by atoms with E-state index >= 15 is 0 Å². The molecule has 1 saturated carbocycles. The molecule has 11 nitrogen and oxygen atoms in total. The molecule has 2 fully saturated rings. The average Bonchev–Trinajstić information content (AvgIpc) is 3.65. The van der Waals surface area contributed by atoms with Crippen molar-refractivity contribution in [3.63, 3.8) is 0 Å². The molecule has 0 unspecified atom stereocenters. The van der Waals surface area contributed by atoms with Gasteiger partial charge >= 0.3 is 6.18 Å². The van der Waals surface area contributed by atoms with Crippen molar-refractivity contribution in [2.45, 2.75) is 62.5 Å². The number of alkyl halides is 3. The van der Waals surface area contributed by atoms with E-state index in [4.69, 9.17) is 9.84 Å². The molecule has 232 valence electrons. The first-order valence-corrected chi connectivity index (χ1v) is 14.7.